The van der Waals surface area contributed by atoms with Crippen LogP contribution in [0.5, 0.6) is 0 Å². The van der Waals surface area contributed by atoms with Gasteiger partial charge in [-0.05, 0) is 6.92 Å². The smallest absolute Gasteiger partial charge is 0.0602 e. The van der Waals surface area contributed by atoms with Crippen molar-refractivity contribution in [2.24, 2.45) is 0 Å². The number of nitrogens with one attached hydrogen (secondary N) is 1. The minimum absolute atomic E-state index is 0.943. The first-order chi connectivity index (χ1) is 4.93. The van der Waals surface area contributed by atoms with Crippen LogP contribution < -0.4 is 5.32 Å². The Balaban J connectivity index is 2.17. The molecule has 0 aromatic rings. The molecule has 1 aliphatic heterocycles. The third-order valence-electron chi connectivity index (χ3n) is 1.69. The first-order valence-electron chi connectivity index (χ1n) is 3.76. The Morgan fingerprint density at radius 2 is 2.10 bits per heavy atom. The van der Waals surface area contributed by atoms with Gasteiger partial charge in [0.05, 0.1) is 6.54 Å². The summed E-state index contributed by atoms with van der Waals surface area (Å²) >= 11 is 0. The first-order valence-corrected chi connectivity index (χ1v) is 3.76. The highest BCUT2D eigenvalue weighted by atomic mass is 15.2. The number of hydrogen-bond acceptors (Lipinski definition) is 2. The van der Waals surface area contributed by atoms with Crippen LogP contribution in [-0.4, -0.2) is 37.6 Å². The predicted molar refractivity (Wildman–Crippen MR) is 42.8 cm³/mol. The van der Waals surface area contributed by atoms with Crippen molar-refractivity contribution < 1.29 is 0 Å². The normalized spacial score (nSPS) is 19.7. The zero-order valence-electron chi connectivity index (χ0n) is 6.48. The summed E-state index contributed by atoms with van der Waals surface area (Å²) in [7, 11) is 0. The van der Waals surface area contributed by atoms with Gasteiger partial charge in [-0.3, -0.25) is 4.90 Å². The van der Waals surface area contributed by atoms with Crippen molar-refractivity contribution >= 4 is 0 Å². The van der Waals surface area contributed by atoms with Crippen LogP contribution in [0.3, 0.4) is 0 Å². The van der Waals surface area contributed by atoms with Crippen molar-refractivity contribution in [2.45, 2.75) is 6.92 Å². The Bertz CT molecular complexity index is 137. The van der Waals surface area contributed by atoms with E-state index in [2.05, 4.69) is 22.1 Å². The summed E-state index contributed by atoms with van der Waals surface area (Å²) in [5.74, 6) is 5.97. The second kappa shape index (κ2) is 4.32. The maximum atomic E-state index is 3.30. The highest BCUT2D eigenvalue weighted by Gasteiger charge is 2.06. The van der Waals surface area contributed by atoms with Gasteiger partial charge in [-0.25, -0.2) is 0 Å². The quantitative estimate of drug-likeness (QED) is 0.510. The third-order valence-corrected chi connectivity index (χ3v) is 1.69. The Morgan fingerprint density at radius 3 is 2.70 bits per heavy atom. The van der Waals surface area contributed by atoms with E-state index in [4.69, 9.17) is 0 Å². The van der Waals surface area contributed by atoms with Crippen LogP contribution in [0.25, 0.3) is 0 Å². The molecule has 1 aliphatic rings. The second-order valence-electron chi connectivity index (χ2n) is 2.45. The maximum absolute atomic E-state index is 3.30. The Labute approximate surface area is 62.6 Å². The number of rotatable bonds is 1. The standard InChI is InChI=1S/C8H14N2/c1-2-3-6-10-7-4-9-5-8-10/h9H,4-8H2,1H3. The van der Waals surface area contributed by atoms with E-state index in [1.54, 1.807) is 0 Å². The van der Waals surface area contributed by atoms with Crippen LogP contribution in [0.4, 0.5) is 0 Å². The van der Waals surface area contributed by atoms with Crippen molar-refractivity contribution in [3.8, 4) is 11.8 Å². The molecule has 0 aromatic heterocycles. The van der Waals surface area contributed by atoms with E-state index in [0.717, 1.165) is 32.7 Å². The highest BCUT2D eigenvalue weighted by Crippen LogP contribution is 1.88. The van der Waals surface area contributed by atoms with E-state index < -0.39 is 0 Å². The molecule has 0 aromatic carbocycles. The first kappa shape index (κ1) is 7.59. The molecule has 0 aliphatic carbocycles. The number of nitrogens with zero attached hydrogens (tertiary/aromatic N) is 1. The lowest BCUT2D eigenvalue weighted by molar-refractivity contribution is 0.268. The van der Waals surface area contributed by atoms with Crippen LogP contribution in [0.1, 0.15) is 6.92 Å². The van der Waals surface area contributed by atoms with Crippen LogP contribution in [0, 0.1) is 11.8 Å². The largest absolute Gasteiger partial charge is 0.314 e. The van der Waals surface area contributed by atoms with E-state index in [9.17, 15) is 0 Å². The summed E-state index contributed by atoms with van der Waals surface area (Å²) in [4.78, 5) is 2.37. The fourth-order valence-electron chi connectivity index (χ4n) is 1.06. The second-order valence-corrected chi connectivity index (χ2v) is 2.45. The SMILES string of the molecule is CC#CCN1CCNCC1. The van der Waals surface area contributed by atoms with Gasteiger partial charge in [-0.15, -0.1) is 5.92 Å². The molecular weight excluding hydrogens is 124 g/mol. The van der Waals surface area contributed by atoms with Crippen LogP contribution in [-0.2, 0) is 0 Å². The van der Waals surface area contributed by atoms with Crippen molar-refractivity contribution in [2.75, 3.05) is 32.7 Å². The van der Waals surface area contributed by atoms with Crippen molar-refractivity contribution in [3.05, 3.63) is 0 Å². The lowest BCUT2D eigenvalue weighted by Crippen LogP contribution is -2.43. The summed E-state index contributed by atoms with van der Waals surface area (Å²) in [6.45, 7) is 7.36. The summed E-state index contributed by atoms with van der Waals surface area (Å²) in [5.41, 5.74) is 0. The summed E-state index contributed by atoms with van der Waals surface area (Å²) < 4.78 is 0. The average Bonchev–Trinajstić information content (AvgIpc) is 2.03. The zero-order chi connectivity index (χ0) is 7.23. The van der Waals surface area contributed by atoms with Gasteiger partial charge >= 0.3 is 0 Å². The van der Waals surface area contributed by atoms with Crippen molar-refractivity contribution in [1.29, 1.82) is 0 Å². The number of hydrogen-bond donors (Lipinski definition) is 1. The molecule has 0 radical (unpaired) electrons. The monoisotopic (exact) mass is 138 g/mol. The molecule has 0 saturated carbocycles. The Morgan fingerprint density at radius 1 is 1.40 bits per heavy atom. The molecule has 0 spiro atoms. The fraction of sp³-hybridized carbons (Fsp3) is 0.750. The van der Waals surface area contributed by atoms with Crippen molar-refractivity contribution in [1.82, 2.24) is 10.2 Å². The van der Waals surface area contributed by atoms with Crippen LogP contribution >= 0.6 is 0 Å². The molecule has 0 bridgehead atoms. The van der Waals surface area contributed by atoms with Crippen LogP contribution in [0.15, 0.2) is 0 Å². The average molecular weight is 138 g/mol. The zero-order valence-corrected chi connectivity index (χ0v) is 6.48. The molecule has 0 unspecified atom stereocenters. The van der Waals surface area contributed by atoms with Gasteiger partial charge < -0.3 is 5.32 Å². The van der Waals surface area contributed by atoms with Gasteiger partial charge in [-0.1, -0.05) is 5.92 Å². The summed E-state index contributed by atoms with van der Waals surface area (Å²) in [5, 5.41) is 3.30. The highest BCUT2D eigenvalue weighted by molar-refractivity contribution is 4.98. The molecule has 2 heteroatoms. The van der Waals surface area contributed by atoms with E-state index in [0.29, 0.717) is 0 Å². The van der Waals surface area contributed by atoms with Gasteiger partial charge in [0.1, 0.15) is 0 Å². The maximum Gasteiger partial charge on any atom is 0.0602 e. The molecule has 2 nitrogen and oxygen atoms in total. The Hall–Kier alpha value is -0.520. The minimum atomic E-state index is 0.943. The fourth-order valence-corrected chi connectivity index (χ4v) is 1.06. The van der Waals surface area contributed by atoms with Gasteiger partial charge in [0, 0.05) is 26.2 Å². The minimum Gasteiger partial charge on any atom is -0.314 e. The van der Waals surface area contributed by atoms with Crippen LogP contribution in [0.2, 0.25) is 0 Å². The van der Waals surface area contributed by atoms with Gasteiger partial charge in [-0.2, -0.15) is 0 Å². The van der Waals surface area contributed by atoms with Gasteiger partial charge in [0.2, 0.25) is 0 Å². The molecule has 10 heavy (non-hydrogen) atoms. The van der Waals surface area contributed by atoms with E-state index >= 15 is 0 Å². The van der Waals surface area contributed by atoms with E-state index in [1.807, 2.05) is 6.92 Å². The molecule has 1 fully saturated rings. The van der Waals surface area contributed by atoms with Gasteiger partial charge in [0.15, 0.2) is 0 Å². The molecule has 1 rings (SSSR count). The predicted octanol–water partition coefficient (Wildman–Crippen LogP) is -0.0851. The molecule has 0 atom stereocenters. The molecular formula is C8H14N2. The molecule has 1 N–H and O–H groups in total. The topological polar surface area (TPSA) is 15.3 Å². The summed E-state index contributed by atoms with van der Waals surface area (Å²) in [6.07, 6.45) is 0. The number of piperazine rings is 1. The molecule has 0 amide bonds. The summed E-state index contributed by atoms with van der Waals surface area (Å²) in [6, 6.07) is 0. The van der Waals surface area contributed by atoms with E-state index in [-0.39, 0.29) is 0 Å². The lowest BCUT2D eigenvalue weighted by Gasteiger charge is -2.24. The van der Waals surface area contributed by atoms with Crippen molar-refractivity contribution in [3.63, 3.8) is 0 Å². The molecule has 1 saturated heterocycles. The third kappa shape index (κ3) is 2.38. The lowest BCUT2D eigenvalue weighted by atomic mass is 10.3. The van der Waals surface area contributed by atoms with Gasteiger partial charge in [0.25, 0.3) is 0 Å². The Kier molecular flexibility index (Phi) is 3.28. The molecule has 56 valence electrons. The van der Waals surface area contributed by atoms with E-state index in [1.165, 1.54) is 0 Å². The molecule has 1 heterocycles.